The van der Waals surface area contributed by atoms with Crippen LogP contribution >= 0.6 is 7.82 Å². The summed E-state index contributed by atoms with van der Waals surface area (Å²) in [4.78, 5) is 34.8. The van der Waals surface area contributed by atoms with E-state index in [0.29, 0.717) is 19.3 Å². The van der Waals surface area contributed by atoms with Gasteiger partial charge in [-0.05, 0) is 64.2 Å². The van der Waals surface area contributed by atoms with E-state index >= 15 is 0 Å². The van der Waals surface area contributed by atoms with E-state index in [1.165, 1.54) is 38.5 Å². The highest BCUT2D eigenvalue weighted by molar-refractivity contribution is 7.47. The highest BCUT2D eigenvalue weighted by atomic mass is 31.2. The van der Waals surface area contributed by atoms with Crippen molar-refractivity contribution in [2.45, 2.75) is 174 Å². The molecule has 10 nitrogen and oxygen atoms in total. The van der Waals surface area contributed by atoms with Gasteiger partial charge in [-0.25, -0.2) is 4.57 Å². The molecule has 0 aromatic carbocycles. The first-order valence-corrected chi connectivity index (χ1v) is 22.4. The standard InChI is InChI=1S/C43H76NO9P/c1-3-5-7-8-9-10-11-12-13-14-17-21-24-27-31-35-43(47)53-41(39-52-54(48,49)51-37-36-44)38-50-42(46)34-30-26-23-20-18-15-16-19-22-25-29-33-40(45)32-28-6-4-2/h12-13,15-16,20,22-23,25,29,33,40-41,45H,3-11,14,17-19,21,24,26-28,30-32,34-39,44H2,1-2H3,(H,48,49)/b13-12-,16-15-,23-20-,25-22-,33-29+/t40-,41-/m1/s1. The van der Waals surface area contributed by atoms with Gasteiger partial charge in [0.05, 0.1) is 19.3 Å². The molecule has 3 atom stereocenters. The van der Waals surface area contributed by atoms with Gasteiger partial charge in [-0.1, -0.05) is 145 Å². The number of rotatable bonds is 38. The summed E-state index contributed by atoms with van der Waals surface area (Å²) < 4.78 is 32.6. The number of carbonyl (C=O) groups is 2. The molecule has 0 aliphatic carbocycles. The Hall–Kier alpha value is -2.33. The molecule has 0 aliphatic heterocycles. The minimum absolute atomic E-state index is 0.0355. The van der Waals surface area contributed by atoms with Crippen LogP contribution in [0.15, 0.2) is 60.8 Å². The van der Waals surface area contributed by atoms with E-state index < -0.39 is 32.5 Å². The van der Waals surface area contributed by atoms with E-state index in [-0.39, 0.29) is 38.7 Å². The van der Waals surface area contributed by atoms with Crippen molar-refractivity contribution in [3.8, 4) is 0 Å². The molecule has 312 valence electrons. The van der Waals surface area contributed by atoms with E-state index in [1.807, 2.05) is 36.5 Å². The van der Waals surface area contributed by atoms with Crippen LogP contribution in [-0.4, -0.2) is 60.5 Å². The monoisotopic (exact) mass is 782 g/mol. The fourth-order valence-electron chi connectivity index (χ4n) is 5.32. The molecule has 54 heavy (non-hydrogen) atoms. The second kappa shape index (κ2) is 38.9. The molecule has 0 heterocycles. The normalized spacial score (nSPS) is 14.5. The zero-order chi connectivity index (χ0) is 39.8. The molecule has 0 bridgehead atoms. The van der Waals surface area contributed by atoms with Crippen LogP contribution in [0.4, 0.5) is 0 Å². The van der Waals surface area contributed by atoms with Crippen molar-refractivity contribution >= 4 is 19.8 Å². The molecule has 0 fully saturated rings. The number of nitrogens with two attached hydrogens (primary N) is 1. The first-order valence-electron chi connectivity index (χ1n) is 20.9. The van der Waals surface area contributed by atoms with Gasteiger partial charge in [-0.15, -0.1) is 0 Å². The summed E-state index contributed by atoms with van der Waals surface area (Å²) in [6.07, 6.45) is 41.5. The Morgan fingerprint density at radius 2 is 1.20 bits per heavy atom. The Bertz CT molecular complexity index is 1090. The van der Waals surface area contributed by atoms with E-state index in [9.17, 15) is 24.2 Å². The lowest BCUT2D eigenvalue weighted by Crippen LogP contribution is -2.29. The molecule has 0 radical (unpaired) electrons. The van der Waals surface area contributed by atoms with Crippen molar-refractivity contribution in [1.29, 1.82) is 0 Å². The number of hydrogen-bond acceptors (Lipinski definition) is 9. The first kappa shape index (κ1) is 51.7. The largest absolute Gasteiger partial charge is 0.472 e. The maximum absolute atomic E-state index is 12.6. The number of esters is 2. The van der Waals surface area contributed by atoms with Crippen LogP contribution in [0.25, 0.3) is 0 Å². The van der Waals surface area contributed by atoms with Gasteiger partial charge in [0.1, 0.15) is 6.61 Å². The number of allylic oxidation sites excluding steroid dienone is 9. The summed E-state index contributed by atoms with van der Waals surface area (Å²) in [6.45, 7) is 3.50. The number of hydrogen-bond donors (Lipinski definition) is 3. The molecule has 0 aliphatic rings. The van der Waals surface area contributed by atoms with Gasteiger partial charge in [0, 0.05) is 19.4 Å². The van der Waals surface area contributed by atoms with Crippen molar-refractivity contribution in [3.63, 3.8) is 0 Å². The summed E-state index contributed by atoms with van der Waals surface area (Å²) in [7, 11) is -4.40. The van der Waals surface area contributed by atoms with Crippen LogP contribution in [0.3, 0.4) is 0 Å². The third-order valence-corrected chi connectivity index (χ3v) is 9.46. The molecule has 4 N–H and O–H groups in total. The highest BCUT2D eigenvalue weighted by Crippen LogP contribution is 2.43. The van der Waals surface area contributed by atoms with Crippen LogP contribution in [0.5, 0.6) is 0 Å². The lowest BCUT2D eigenvalue weighted by atomic mass is 10.1. The van der Waals surface area contributed by atoms with Gasteiger partial charge in [-0.2, -0.15) is 0 Å². The van der Waals surface area contributed by atoms with E-state index in [1.54, 1.807) is 0 Å². The second-order valence-corrected chi connectivity index (χ2v) is 15.2. The van der Waals surface area contributed by atoms with Gasteiger partial charge in [0.15, 0.2) is 6.10 Å². The topological polar surface area (TPSA) is 155 Å². The van der Waals surface area contributed by atoms with E-state index in [4.69, 9.17) is 24.3 Å². The Balaban J connectivity index is 4.34. The van der Waals surface area contributed by atoms with E-state index in [0.717, 1.165) is 77.0 Å². The number of aliphatic hydroxyl groups is 1. The zero-order valence-corrected chi connectivity index (χ0v) is 34.7. The molecular formula is C43H76NO9P. The van der Waals surface area contributed by atoms with Crippen LogP contribution in [-0.2, 0) is 32.7 Å². The number of phosphoric acid groups is 1. The summed E-state index contributed by atoms with van der Waals surface area (Å²) in [5.41, 5.74) is 5.33. The molecule has 11 heteroatoms. The fourth-order valence-corrected chi connectivity index (χ4v) is 6.08. The molecule has 0 amide bonds. The minimum Gasteiger partial charge on any atom is -0.462 e. The molecule has 0 spiro atoms. The highest BCUT2D eigenvalue weighted by Gasteiger charge is 2.25. The number of carbonyl (C=O) groups excluding carboxylic acids is 2. The second-order valence-electron chi connectivity index (χ2n) is 13.7. The van der Waals surface area contributed by atoms with Gasteiger partial charge in [0.25, 0.3) is 0 Å². The zero-order valence-electron chi connectivity index (χ0n) is 33.8. The first-order chi connectivity index (χ1) is 26.2. The lowest BCUT2D eigenvalue weighted by Gasteiger charge is -2.19. The van der Waals surface area contributed by atoms with Crippen molar-refractivity contribution in [1.82, 2.24) is 0 Å². The predicted molar refractivity (Wildman–Crippen MR) is 221 cm³/mol. The quantitative estimate of drug-likeness (QED) is 0.0181. The van der Waals surface area contributed by atoms with Crippen LogP contribution in [0, 0.1) is 0 Å². The minimum atomic E-state index is -4.40. The van der Waals surface area contributed by atoms with Crippen molar-refractivity contribution < 1.29 is 42.7 Å². The lowest BCUT2D eigenvalue weighted by molar-refractivity contribution is -0.161. The Labute approximate surface area is 328 Å². The van der Waals surface area contributed by atoms with Crippen molar-refractivity contribution in [3.05, 3.63) is 60.8 Å². The number of unbranched alkanes of at least 4 members (excludes halogenated alkanes) is 14. The maximum Gasteiger partial charge on any atom is 0.472 e. The van der Waals surface area contributed by atoms with Gasteiger partial charge in [0.2, 0.25) is 0 Å². The summed E-state index contributed by atoms with van der Waals surface area (Å²) in [5, 5.41) is 9.88. The molecule has 0 saturated carbocycles. The average Bonchev–Trinajstić information content (AvgIpc) is 3.15. The maximum atomic E-state index is 12.6. The molecule has 1 unspecified atom stereocenters. The Morgan fingerprint density at radius 3 is 1.89 bits per heavy atom. The molecule has 0 rings (SSSR count). The van der Waals surface area contributed by atoms with Crippen LogP contribution in [0.1, 0.15) is 162 Å². The van der Waals surface area contributed by atoms with Gasteiger partial charge >= 0.3 is 19.8 Å². The molecule has 0 saturated heterocycles. The third kappa shape index (κ3) is 38.0. The Kier molecular flexibility index (Phi) is 37.2. The van der Waals surface area contributed by atoms with Crippen LogP contribution in [0.2, 0.25) is 0 Å². The molecule has 0 aromatic rings. The molecule has 0 aromatic heterocycles. The number of phosphoric ester groups is 1. The third-order valence-electron chi connectivity index (χ3n) is 8.48. The Morgan fingerprint density at radius 1 is 0.648 bits per heavy atom. The molecular weight excluding hydrogens is 705 g/mol. The average molecular weight is 782 g/mol. The van der Waals surface area contributed by atoms with Gasteiger partial charge < -0.3 is 25.2 Å². The van der Waals surface area contributed by atoms with Gasteiger partial charge in [-0.3, -0.25) is 18.6 Å². The summed E-state index contributed by atoms with van der Waals surface area (Å²) >= 11 is 0. The fraction of sp³-hybridized carbons (Fsp3) is 0.721. The van der Waals surface area contributed by atoms with Crippen molar-refractivity contribution in [2.24, 2.45) is 5.73 Å². The summed E-state index contributed by atoms with van der Waals surface area (Å²) in [5.74, 6) is -0.935. The van der Waals surface area contributed by atoms with Crippen molar-refractivity contribution in [2.75, 3.05) is 26.4 Å². The SMILES string of the molecule is CCCCCCCC/C=C\CCCCCCCC(=O)O[C@H](COC(=O)CCC/C=C\C/C=C\C/C=C\C=C\[C@H](O)CCCCC)COP(=O)(O)OCCN. The number of aliphatic hydroxyl groups excluding tert-OH is 1. The predicted octanol–water partition coefficient (Wildman–Crippen LogP) is 10.7. The van der Waals surface area contributed by atoms with E-state index in [2.05, 4.69) is 38.2 Å². The summed E-state index contributed by atoms with van der Waals surface area (Å²) in [6, 6.07) is 0. The van der Waals surface area contributed by atoms with Crippen LogP contribution < -0.4 is 5.73 Å². The smallest absolute Gasteiger partial charge is 0.462 e. The number of ether oxygens (including phenoxy) is 2.